The number of fused-ring (bicyclic) bond motifs is 1. The first-order valence-corrected chi connectivity index (χ1v) is 4.36. The fourth-order valence-corrected chi connectivity index (χ4v) is 1.57. The quantitative estimate of drug-likeness (QED) is 0.632. The van der Waals surface area contributed by atoms with Gasteiger partial charge in [0.25, 0.3) is 0 Å². The number of Topliss-reactive ketones (excluding diaryl/α,β-unsaturated/α-hetero) is 1. The lowest BCUT2D eigenvalue weighted by molar-refractivity contribution is 0.103. The van der Waals surface area contributed by atoms with Crippen molar-refractivity contribution in [2.45, 2.75) is 6.92 Å². The highest BCUT2D eigenvalue weighted by molar-refractivity contribution is 6.16. The molecule has 0 bridgehead atoms. The first kappa shape index (κ1) is 8.75. The van der Waals surface area contributed by atoms with Crippen LogP contribution in [0.15, 0.2) is 42.0 Å². The van der Waals surface area contributed by atoms with Crippen LogP contribution in [-0.2, 0) is 0 Å². The molecule has 2 heteroatoms. The third kappa shape index (κ3) is 1.01. The van der Waals surface area contributed by atoms with E-state index in [9.17, 15) is 9.90 Å². The average Bonchev–Trinajstić information content (AvgIpc) is 2.23. The maximum absolute atomic E-state index is 11.7. The predicted octanol–water partition coefficient (Wildman–Crippen LogP) is 2.73. The van der Waals surface area contributed by atoms with Gasteiger partial charge in [0.15, 0.2) is 5.78 Å². The molecule has 0 saturated carbocycles. The van der Waals surface area contributed by atoms with Crippen LogP contribution in [0.3, 0.4) is 0 Å². The van der Waals surface area contributed by atoms with E-state index in [1.54, 1.807) is 31.2 Å². The Balaban J connectivity index is 2.78. The van der Waals surface area contributed by atoms with Gasteiger partial charge in [-0.3, -0.25) is 4.79 Å². The molecule has 0 saturated heterocycles. The van der Waals surface area contributed by atoms with Crippen molar-refractivity contribution in [3.63, 3.8) is 0 Å². The number of ketones is 1. The van der Waals surface area contributed by atoms with Crippen molar-refractivity contribution < 1.29 is 9.90 Å². The van der Waals surface area contributed by atoms with Crippen molar-refractivity contribution in [1.29, 1.82) is 0 Å². The highest BCUT2D eigenvalue weighted by Crippen LogP contribution is 2.31. The molecule has 70 valence electrons. The minimum absolute atomic E-state index is 0.101. The van der Waals surface area contributed by atoms with Crippen LogP contribution in [0.4, 0.5) is 0 Å². The van der Waals surface area contributed by atoms with Crippen molar-refractivity contribution in [2.24, 2.45) is 0 Å². The second-order valence-electron chi connectivity index (χ2n) is 3.33. The Morgan fingerprint density at radius 1 is 1.21 bits per heavy atom. The smallest absolute Gasteiger partial charge is 0.193 e. The van der Waals surface area contributed by atoms with Gasteiger partial charge in [-0.2, -0.15) is 0 Å². The van der Waals surface area contributed by atoms with Crippen molar-refractivity contribution >= 4 is 11.5 Å². The molecule has 0 aromatic heterocycles. The molecule has 14 heavy (non-hydrogen) atoms. The standard InChI is InChI=1S/C12H10O2/c1-7-8(2)12(14)10-6-4-3-5-9(10)11(7)13/h3-6,14H,1H2,2H3. The molecule has 0 heterocycles. The van der Waals surface area contributed by atoms with E-state index in [0.717, 1.165) is 0 Å². The Morgan fingerprint density at radius 3 is 2.43 bits per heavy atom. The lowest BCUT2D eigenvalue weighted by Gasteiger charge is -2.17. The van der Waals surface area contributed by atoms with Gasteiger partial charge >= 0.3 is 0 Å². The first-order valence-electron chi connectivity index (χ1n) is 4.36. The molecule has 0 radical (unpaired) electrons. The lowest BCUT2D eigenvalue weighted by atomic mass is 9.87. The summed E-state index contributed by atoms with van der Waals surface area (Å²) in [6, 6.07) is 7.01. The van der Waals surface area contributed by atoms with Gasteiger partial charge in [-0.25, -0.2) is 0 Å². The zero-order valence-corrected chi connectivity index (χ0v) is 7.87. The van der Waals surface area contributed by atoms with Gasteiger partial charge in [0.1, 0.15) is 5.76 Å². The van der Waals surface area contributed by atoms with Crippen LogP contribution in [0.2, 0.25) is 0 Å². The Hall–Kier alpha value is -1.83. The van der Waals surface area contributed by atoms with Gasteiger partial charge in [-0.05, 0) is 6.92 Å². The number of carbonyl (C=O) groups excluding carboxylic acids is 1. The highest BCUT2D eigenvalue weighted by atomic mass is 16.3. The van der Waals surface area contributed by atoms with E-state index in [1.807, 2.05) is 0 Å². The fraction of sp³-hybridized carbons (Fsp3) is 0.0833. The number of carbonyl (C=O) groups is 1. The molecule has 1 aliphatic carbocycles. The zero-order valence-electron chi connectivity index (χ0n) is 7.87. The molecular weight excluding hydrogens is 176 g/mol. The SMILES string of the molecule is C=C1C(=O)c2ccccc2C(O)=C1C. The van der Waals surface area contributed by atoms with Gasteiger partial charge in [0, 0.05) is 22.3 Å². The molecule has 1 aromatic carbocycles. The van der Waals surface area contributed by atoms with Crippen LogP contribution in [0.5, 0.6) is 0 Å². The number of benzene rings is 1. The Bertz CT molecular complexity index is 467. The average molecular weight is 186 g/mol. The van der Waals surface area contributed by atoms with Crippen LogP contribution in [-0.4, -0.2) is 10.9 Å². The number of aliphatic hydroxyl groups excluding tert-OH is 1. The van der Waals surface area contributed by atoms with Crippen molar-refractivity contribution in [3.05, 3.63) is 53.1 Å². The summed E-state index contributed by atoms with van der Waals surface area (Å²) in [7, 11) is 0. The second-order valence-corrected chi connectivity index (χ2v) is 3.33. The molecule has 0 unspecified atom stereocenters. The third-order valence-electron chi connectivity index (χ3n) is 2.51. The van der Waals surface area contributed by atoms with Crippen LogP contribution >= 0.6 is 0 Å². The number of hydrogen-bond donors (Lipinski definition) is 1. The van der Waals surface area contributed by atoms with E-state index in [4.69, 9.17) is 0 Å². The van der Waals surface area contributed by atoms with Crippen LogP contribution < -0.4 is 0 Å². The summed E-state index contributed by atoms with van der Waals surface area (Å²) < 4.78 is 0. The minimum Gasteiger partial charge on any atom is -0.507 e. The maximum Gasteiger partial charge on any atom is 0.193 e. The highest BCUT2D eigenvalue weighted by Gasteiger charge is 2.24. The molecule has 0 fully saturated rings. The summed E-state index contributed by atoms with van der Waals surface area (Å²) in [4.78, 5) is 11.7. The summed E-state index contributed by atoms with van der Waals surface area (Å²) >= 11 is 0. The molecular formula is C12H10O2. The molecule has 0 atom stereocenters. The number of aliphatic hydroxyl groups is 1. The topological polar surface area (TPSA) is 37.3 Å². The molecule has 1 aliphatic rings. The molecule has 0 amide bonds. The van der Waals surface area contributed by atoms with E-state index in [0.29, 0.717) is 22.3 Å². The summed E-state index contributed by atoms with van der Waals surface area (Å²) in [6.07, 6.45) is 0. The molecule has 2 nitrogen and oxygen atoms in total. The number of hydrogen-bond acceptors (Lipinski definition) is 2. The Morgan fingerprint density at radius 2 is 1.79 bits per heavy atom. The van der Waals surface area contributed by atoms with Crippen molar-refractivity contribution in [2.75, 3.05) is 0 Å². The Kier molecular flexibility index (Phi) is 1.78. The van der Waals surface area contributed by atoms with E-state index in [2.05, 4.69) is 6.58 Å². The third-order valence-corrected chi connectivity index (χ3v) is 2.51. The second kappa shape index (κ2) is 2.84. The number of allylic oxidation sites excluding steroid dienone is 2. The van der Waals surface area contributed by atoms with Crippen LogP contribution in [0.25, 0.3) is 5.76 Å². The van der Waals surface area contributed by atoms with E-state index < -0.39 is 0 Å². The minimum atomic E-state index is -0.101. The largest absolute Gasteiger partial charge is 0.507 e. The predicted molar refractivity (Wildman–Crippen MR) is 55.1 cm³/mol. The van der Waals surface area contributed by atoms with Gasteiger partial charge in [0.05, 0.1) is 0 Å². The molecule has 1 aromatic rings. The van der Waals surface area contributed by atoms with Crippen LogP contribution in [0, 0.1) is 0 Å². The van der Waals surface area contributed by atoms with E-state index >= 15 is 0 Å². The first-order chi connectivity index (χ1) is 6.63. The van der Waals surface area contributed by atoms with E-state index in [1.165, 1.54) is 0 Å². The normalized spacial score (nSPS) is 15.8. The summed E-state index contributed by atoms with van der Waals surface area (Å²) in [5.41, 5.74) is 2.07. The van der Waals surface area contributed by atoms with Gasteiger partial charge in [-0.15, -0.1) is 0 Å². The van der Waals surface area contributed by atoms with Crippen molar-refractivity contribution in [1.82, 2.24) is 0 Å². The Labute approximate surface area is 82.2 Å². The fourth-order valence-electron chi connectivity index (χ4n) is 1.57. The molecule has 1 N–H and O–H groups in total. The van der Waals surface area contributed by atoms with Gasteiger partial charge < -0.3 is 5.11 Å². The summed E-state index contributed by atoms with van der Waals surface area (Å²) in [5.74, 6) is 0.0566. The van der Waals surface area contributed by atoms with Crippen LogP contribution in [0.1, 0.15) is 22.8 Å². The molecule has 0 spiro atoms. The monoisotopic (exact) mass is 186 g/mol. The van der Waals surface area contributed by atoms with Gasteiger partial charge in [0.2, 0.25) is 0 Å². The number of rotatable bonds is 0. The van der Waals surface area contributed by atoms with Crippen molar-refractivity contribution in [3.8, 4) is 0 Å². The molecule has 2 rings (SSSR count). The van der Waals surface area contributed by atoms with E-state index in [-0.39, 0.29) is 11.5 Å². The zero-order chi connectivity index (χ0) is 10.3. The maximum atomic E-state index is 11.7. The van der Waals surface area contributed by atoms with Gasteiger partial charge in [-0.1, -0.05) is 30.8 Å². The summed E-state index contributed by atoms with van der Waals surface area (Å²) in [6.45, 7) is 5.36. The lowest BCUT2D eigenvalue weighted by Crippen LogP contribution is -2.13. The molecule has 0 aliphatic heterocycles. The summed E-state index contributed by atoms with van der Waals surface area (Å²) in [5, 5.41) is 9.78.